The van der Waals surface area contributed by atoms with Crippen LogP contribution in [-0.2, 0) is 6.18 Å². The van der Waals surface area contributed by atoms with E-state index in [1.54, 1.807) is 18.2 Å². The van der Waals surface area contributed by atoms with Crippen LogP contribution in [0.25, 0.3) is 0 Å². The number of hydrazone groups is 1. The molecule has 0 aliphatic rings. The monoisotopic (exact) mass is 399 g/mol. The summed E-state index contributed by atoms with van der Waals surface area (Å²) in [6, 6.07) is 9.18. The summed E-state index contributed by atoms with van der Waals surface area (Å²) in [4.78, 5) is 11.7. The molecule has 2 aromatic carbocycles. The van der Waals surface area contributed by atoms with E-state index in [9.17, 15) is 18.0 Å². The number of carbonyl (C=O) groups excluding carboxylic acids is 1. The van der Waals surface area contributed by atoms with Gasteiger partial charge in [-0.25, -0.2) is 10.2 Å². The molecule has 8 heteroatoms. The van der Waals surface area contributed by atoms with Gasteiger partial charge in [0.2, 0.25) is 0 Å². The maximum atomic E-state index is 12.4. The van der Waals surface area contributed by atoms with Crippen LogP contribution in [-0.4, -0.2) is 12.2 Å². The molecule has 126 valence electrons. The van der Waals surface area contributed by atoms with E-state index in [0.29, 0.717) is 11.3 Å². The van der Waals surface area contributed by atoms with Crippen molar-refractivity contribution >= 4 is 33.9 Å². The number of nitrogens with one attached hydrogen (secondary N) is 2. The lowest BCUT2D eigenvalue weighted by Gasteiger charge is -2.06. The van der Waals surface area contributed by atoms with Crippen molar-refractivity contribution in [2.45, 2.75) is 13.1 Å². The van der Waals surface area contributed by atoms with Crippen molar-refractivity contribution in [2.24, 2.45) is 5.10 Å². The number of hydrogen-bond acceptors (Lipinski definition) is 2. The first-order valence-electron chi connectivity index (χ1n) is 6.79. The van der Waals surface area contributed by atoms with Crippen LogP contribution < -0.4 is 10.7 Å². The van der Waals surface area contributed by atoms with E-state index in [1.165, 1.54) is 18.3 Å². The minimum absolute atomic E-state index is 0.433. The highest BCUT2D eigenvalue weighted by Crippen LogP contribution is 2.28. The molecule has 0 aliphatic carbocycles. The largest absolute Gasteiger partial charge is 0.416 e. The van der Waals surface area contributed by atoms with Crippen LogP contribution in [0, 0.1) is 6.92 Å². The highest BCUT2D eigenvalue weighted by atomic mass is 79.9. The van der Waals surface area contributed by atoms with Crippen LogP contribution in [0.1, 0.15) is 16.7 Å². The number of hydrogen-bond donors (Lipinski definition) is 2. The van der Waals surface area contributed by atoms with Gasteiger partial charge in [0.15, 0.2) is 0 Å². The molecule has 0 aliphatic heterocycles. The molecule has 0 radical (unpaired) electrons. The van der Waals surface area contributed by atoms with E-state index in [-0.39, 0.29) is 0 Å². The molecular weight excluding hydrogens is 387 g/mol. The molecule has 2 N–H and O–H groups in total. The second-order valence-corrected chi connectivity index (χ2v) is 5.76. The first-order chi connectivity index (χ1) is 11.3. The Morgan fingerprint density at radius 3 is 2.42 bits per heavy atom. The lowest BCUT2D eigenvalue weighted by Crippen LogP contribution is -2.24. The molecule has 2 aromatic rings. The Balaban J connectivity index is 1.91. The fraction of sp³-hybridized carbons (Fsp3) is 0.125. The van der Waals surface area contributed by atoms with Crippen molar-refractivity contribution in [3.63, 3.8) is 0 Å². The van der Waals surface area contributed by atoms with Gasteiger partial charge in [-0.3, -0.25) is 0 Å². The van der Waals surface area contributed by atoms with E-state index >= 15 is 0 Å². The summed E-state index contributed by atoms with van der Waals surface area (Å²) < 4.78 is 38.2. The Morgan fingerprint density at radius 2 is 1.83 bits per heavy atom. The number of aryl methyl sites for hydroxylation is 1. The van der Waals surface area contributed by atoms with Gasteiger partial charge in [-0.15, -0.1) is 0 Å². The number of alkyl halides is 3. The molecule has 0 saturated carbocycles. The molecular formula is C16H13BrF3N3O. The zero-order valence-electron chi connectivity index (χ0n) is 12.5. The van der Waals surface area contributed by atoms with Gasteiger partial charge in [0.05, 0.1) is 11.8 Å². The van der Waals surface area contributed by atoms with E-state index in [0.717, 1.165) is 22.2 Å². The lowest BCUT2D eigenvalue weighted by molar-refractivity contribution is -0.137. The fourth-order valence-electron chi connectivity index (χ4n) is 1.81. The minimum Gasteiger partial charge on any atom is -0.307 e. The highest BCUT2D eigenvalue weighted by Gasteiger charge is 2.29. The Bertz CT molecular complexity index is 758. The summed E-state index contributed by atoms with van der Waals surface area (Å²) in [5.74, 6) is 0. The zero-order chi connectivity index (χ0) is 17.7. The molecule has 0 bridgehead atoms. The number of carbonyl (C=O) groups is 1. The average Bonchev–Trinajstić information content (AvgIpc) is 2.50. The smallest absolute Gasteiger partial charge is 0.307 e. The average molecular weight is 400 g/mol. The van der Waals surface area contributed by atoms with Crippen LogP contribution in [0.3, 0.4) is 0 Å². The number of anilines is 1. The van der Waals surface area contributed by atoms with Crippen LogP contribution in [0.4, 0.5) is 23.7 Å². The number of halogens is 4. The molecule has 0 atom stereocenters. The predicted molar refractivity (Wildman–Crippen MR) is 90.1 cm³/mol. The molecule has 0 unspecified atom stereocenters. The standard InChI is InChI=1S/C16H13BrF3N3O/c1-10-8-13(6-7-14(10)17)22-15(24)23-21-9-11-2-4-12(5-3-11)16(18,19)20/h2-9H,1H3,(H2,22,23,24)/b21-9+. The molecule has 2 amide bonds. The van der Waals surface area contributed by atoms with Gasteiger partial charge in [0, 0.05) is 10.2 Å². The molecule has 24 heavy (non-hydrogen) atoms. The summed E-state index contributed by atoms with van der Waals surface area (Å²) in [5, 5.41) is 6.28. The van der Waals surface area contributed by atoms with E-state index < -0.39 is 17.8 Å². The van der Waals surface area contributed by atoms with Crippen LogP contribution in [0.5, 0.6) is 0 Å². The molecule has 0 heterocycles. The maximum absolute atomic E-state index is 12.4. The van der Waals surface area contributed by atoms with Gasteiger partial charge in [0.1, 0.15) is 0 Å². The zero-order valence-corrected chi connectivity index (χ0v) is 14.1. The van der Waals surface area contributed by atoms with Crippen LogP contribution in [0.2, 0.25) is 0 Å². The van der Waals surface area contributed by atoms with Crippen molar-refractivity contribution in [3.8, 4) is 0 Å². The van der Waals surface area contributed by atoms with Gasteiger partial charge in [-0.2, -0.15) is 18.3 Å². The Labute approximate surface area is 144 Å². The summed E-state index contributed by atoms with van der Waals surface area (Å²) in [7, 11) is 0. The third-order valence-corrected chi connectivity index (χ3v) is 3.92. The van der Waals surface area contributed by atoms with E-state index in [2.05, 4.69) is 31.8 Å². The second kappa shape index (κ2) is 7.48. The van der Waals surface area contributed by atoms with Gasteiger partial charge in [-0.1, -0.05) is 28.1 Å². The number of nitrogens with zero attached hydrogens (tertiary/aromatic N) is 1. The third-order valence-electron chi connectivity index (χ3n) is 3.03. The van der Waals surface area contributed by atoms with Crippen LogP contribution in [0.15, 0.2) is 52.0 Å². The number of amides is 2. The summed E-state index contributed by atoms with van der Waals surface area (Å²) in [5.41, 5.74) is 3.49. The summed E-state index contributed by atoms with van der Waals surface area (Å²) in [6.07, 6.45) is -3.12. The van der Waals surface area contributed by atoms with Gasteiger partial charge < -0.3 is 5.32 Å². The lowest BCUT2D eigenvalue weighted by atomic mass is 10.1. The third kappa shape index (κ3) is 5.09. The molecule has 4 nitrogen and oxygen atoms in total. The van der Waals surface area contributed by atoms with Crippen molar-refractivity contribution in [2.75, 3.05) is 5.32 Å². The molecule has 2 rings (SSSR count). The first-order valence-corrected chi connectivity index (χ1v) is 7.58. The summed E-state index contributed by atoms with van der Waals surface area (Å²) >= 11 is 3.36. The predicted octanol–water partition coefficient (Wildman–Crippen LogP) is 4.93. The minimum atomic E-state index is -4.38. The molecule has 0 aromatic heterocycles. The maximum Gasteiger partial charge on any atom is 0.416 e. The van der Waals surface area contributed by atoms with Gasteiger partial charge >= 0.3 is 12.2 Å². The fourth-order valence-corrected chi connectivity index (χ4v) is 2.05. The Hall–Kier alpha value is -2.35. The van der Waals surface area contributed by atoms with Crippen molar-refractivity contribution in [1.29, 1.82) is 0 Å². The normalized spacial score (nSPS) is 11.5. The SMILES string of the molecule is Cc1cc(NC(=O)N/N=C/c2ccc(C(F)(F)F)cc2)ccc1Br. The number of benzene rings is 2. The van der Waals surface area contributed by atoms with E-state index in [1.807, 2.05) is 6.92 Å². The number of rotatable bonds is 3. The molecule has 0 fully saturated rings. The van der Waals surface area contributed by atoms with E-state index in [4.69, 9.17) is 0 Å². The van der Waals surface area contributed by atoms with Gasteiger partial charge in [-0.05, 0) is 48.4 Å². The number of urea groups is 1. The van der Waals surface area contributed by atoms with Crippen LogP contribution >= 0.6 is 15.9 Å². The Morgan fingerprint density at radius 1 is 1.17 bits per heavy atom. The summed E-state index contributed by atoms with van der Waals surface area (Å²) in [6.45, 7) is 1.88. The molecule has 0 saturated heterocycles. The molecule has 0 spiro atoms. The highest BCUT2D eigenvalue weighted by molar-refractivity contribution is 9.10. The van der Waals surface area contributed by atoms with Crippen molar-refractivity contribution < 1.29 is 18.0 Å². The van der Waals surface area contributed by atoms with Crippen molar-refractivity contribution in [3.05, 3.63) is 63.6 Å². The first kappa shape index (κ1) is 18.0. The topological polar surface area (TPSA) is 53.5 Å². The Kier molecular flexibility index (Phi) is 5.61. The van der Waals surface area contributed by atoms with Gasteiger partial charge in [0.25, 0.3) is 0 Å². The quantitative estimate of drug-likeness (QED) is 0.557. The van der Waals surface area contributed by atoms with Crippen molar-refractivity contribution in [1.82, 2.24) is 5.43 Å². The second-order valence-electron chi connectivity index (χ2n) is 4.91.